The van der Waals surface area contributed by atoms with Gasteiger partial charge < -0.3 is 20.6 Å². The third-order valence-corrected chi connectivity index (χ3v) is 6.35. The number of H-pyrrole nitrogens is 2. The van der Waals surface area contributed by atoms with Crippen LogP contribution in [-0.2, 0) is 6.42 Å². The molecule has 9 nitrogen and oxygen atoms in total. The first-order valence-corrected chi connectivity index (χ1v) is 10.8. The molecular weight excluding hydrogens is 424 g/mol. The third kappa shape index (κ3) is 3.40. The lowest BCUT2D eigenvalue weighted by molar-refractivity contribution is 0.751. The van der Waals surface area contributed by atoms with E-state index in [4.69, 9.17) is 22.3 Å². The summed E-state index contributed by atoms with van der Waals surface area (Å²) < 4.78 is 0. The summed E-state index contributed by atoms with van der Waals surface area (Å²) in [5.41, 5.74) is 8.53. The minimum atomic E-state index is -0.273. The van der Waals surface area contributed by atoms with E-state index in [1.54, 1.807) is 6.20 Å². The van der Waals surface area contributed by atoms with Gasteiger partial charge in [0.2, 0.25) is 0 Å². The normalized spacial score (nSPS) is 16.8. The minimum Gasteiger partial charge on any atom is -0.354 e. The van der Waals surface area contributed by atoms with Gasteiger partial charge in [-0.25, -0.2) is 19.9 Å². The van der Waals surface area contributed by atoms with Gasteiger partial charge in [0, 0.05) is 35.9 Å². The average molecular weight is 443 g/mol. The second kappa shape index (κ2) is 7.53. The first kappa shape index (κ1) is 19.3. The fraction of sp³-hybridized carbons (Fsp3) is 0.316. The molecule has 30 heavy (non-hydrogen) atoms. The predicted octanol–water partition coefficient (Wildman–Crippen LogP) is 2.49. The van der Waals surface area contributed by atoms with E-state index in [9.17, 15) is 4.79 Å². The van der Waals surface area contributed by atoms with Gasteiger partial charge in [-0.05, 0) is 30.7 Å². The van der Waals surface area contributed by atoms with Crippen LogP contribution in [0.15, 0.2) is 33.3 Å². The van der Waals surface area contributed by atoms with E-state index in [1.807, 2.05) is 13.0 Å². The molecule has 4 aromatic rings. The van der Waals surface area contributed by atoms with E-state index in [2.05, 4.69) is 29.8 Å². The summed E-state index contributed by atoms with van der Waals surface area (Å²) in [6, 6.07) is 1.93. The predicted molar refractivity (Wildman–Crippen MR) is 117 cm³/mol. The molecule has 0 aromatic carbocycles. The number of rotatable bonds is 4. The van der Waals surface area contributed by atoms with Crippen molar-refractivity contribution in [1.82, 2.24) is 29.9 Å². The Morgan fingerprint density at radius 1 is 1.30 bits per heavy atom. The molecule has 1 atom stereocenters. The Balaban J connectivity index is 1.60. The summed E-state index contributed by atoms with van der Waals surface area (Å²) in [6.07, 6.45) is 4.58. The van der Waals surface area contributed by atoms with Crippen molar-refractivity contribution in [1.29, 1.82) is 0 Å². The highest BCUT2D eigenvalue weighted by Gasteiger charge is 2.26. The lowest BCUT2D eigenvalue weighted by Crippen LogP contribution is -2.27. The van der Waals surface area contributed by atoms with Crippen LogP contribution in [0.4, 0.5) is 5.82 Å². The van der Waals surface area contributed by atoms with Crippen LogP contribution >= 0.6 is 23.4 Å². The first-order chi connectivity index (χ1) is 14.5. The molecule has 5 rings (SSSR count). The fourth-order valence-electron chi connectivity index (χ4n) is 3.65. The number of nitrogens with one attached hydrogen (secondary N) is 2. The summed E-state index contributed by atoms with van der Waals surface area (Å²) in [5.74, 6) is 0.792. The minimum absolute atomic E-state index is 0.114. The van der Waals surface area contributed by atoms with E-state index in [1.165, 1.54) is 18.0 Å². The van der Waals surface area contributed by atoms with Crippen LogP contribution in [0.5, 0.6) is 0 Å². The van der Waals surface area contributed by atoms with Gasteiger partial charge in [-0.15, -0.1) is 0 Å². The van der Waals surface area contributed by atoms with Gasteiger partial charge in [0.15, 0.2) is 10.8 Å². The SMILES string of the molecule is CCc1[nH]c2nc(Sc3cnc4ncc(=O)[nH]c4c3)nc(N3CC[C@@H](N)C3)c2c1Cl. The van der Waals surface area contributed by atoms with Gasteiger partial charge in [-0.3, -0.25) is 4.79 Å². The van der Waals surface area contributed by atoms with Crippen LogP contribution in [0.1, 0.15) is 19.0 Å². The molecule has 0 unspecified atom stereocenters. The van der Waals surface area contributed by atoms with Crippen LogP contribution in [-0.4, -0.2) is 49.0 Å². The van der Waals surface area contributed by atoms with E-state index in [0.29, 0.717) is 27.0 Å². The number of aryl methyl sites for hydroxylation is 1. The Labute approximate surface area is 180 Å². The standard InChI is InChI=1S/C19H19ClN8OS/c1-2-11-15(20)14-17(25-11)26-19(27-18(14)28-4-3-9(21)8-28)30-10-5-12-16(22-6-10)23-7-13(29)24-12/h5-7,9H,2-4,8,21H2,1H3,(H,24,29)(H,25,26,27)/t9-/m1/s1. The molecule has 1 saturated heterocycles. The zero-order valence-corrected chi connectivity index (χ0v) is 17.7. The van der Waals surface area contributed by atoms with Gasteiger partial charge >= 0.3 is 0 Å². The van der Waals surface area contributed by atoms with E-state index >= 15 is 0 Å². The molecule has 0 bridgehead atoms. The van der Waals surface area contributed by atoms with Crippen molar-refractivity contribution in [3.8, 4) is 0 Å². The summed E-state index contributed by atoms with van der Waals surface area (Å²) in [7, 11) is 0. The van der Waals surface area contributed by atoms with E-state index in [-0.39, 0.29) is 11.6 Å². The maximum Gasteiger partial charge on any atom is 0.266 e. The monoisotopic (exact) mass is 442 g/mol. The highest BCUT2D eigenvalue weighted by atomic mass is 35.5. The highest BCUT2D eigenvalue weighted by molar-refractivity contribution is 7.99. The summed E-state index contributed by atoms with van der Waals surface area (Å²) in [6.45, 7) is 3.59. The fourth-order valence-corrected chi connectivity index (χ4v) is 4.76. The number of fused-ring (bicyclic) bond motifs is 2. The molecule has 1 aliphatic rings. The van der Waals surface area contributed by atoms with Crippen LogP contribution in [0, 0.1) is 0 Å². The smallest absolute Gasteiger partial charge is 0.266 e. The molecule has 4 N–H and O–H groups in total. The second-order valence-electron chi connectivity index (χ2n) is 7.21. The van der Waals surface area contributed by atoms with Crippen molar-refractivity contribution < 1.29 is 0 Å². The van der Waals surface area contributed by atoms with Gasteiger partial charge in [-0.1, -0.05) is 18.5 Å². The zero-order chi connectivity index (χ0) is 20.8. The second-order valence-corrected chi connectivity index (χ2v) is 8.63. The number of nitrogens with zero attached hydrogens (tertiary/aromatic N) is 5. The molecule has 0 spiro atoms. The molecule has 1 fully saturated rings. The molecule has 1 aliphatic heterocycles. The Bertz CT molecular complexity index is 1320. The zero-order valence-electron chi connectivity index (χ0n) is 16.1. The highest BCUT2D eigenvalue weighted by Crippen LogP contribution is 2.37. The molecule has 5 heterocycles. The molecule has 0 amide bonds. The summed E-state index contributed by atoms with van der Waals surface area (Å²) >= 11 is 8.01. The Hall–Kier alpha value is -2.69. The number of aromatic amines is 2. The number of aromatic nitrogens is 6. The largest absolute Gasteiger partial charge is 0.354 e. The van der Waals surface area contributed by atoms with Gasteiger partial charge in [0.25, 0.3) is 5.56 Å². The van der Waals surface area contributed by atoms with Gasteiger partial charge in [0.1, 0.15) is 11.5 Å². The molecule has 11 heteroatoms. The van der Waals surface area contributed by atoms with Crippen molar-refractivity contribution >= 4 is 51.4 Å². The number of hydrogen-bond acceptors (Lipinski definition) is 8. The topological polar surface area (TPSA) is 129 Å². The van der Waals surface area contributed by atoms with Crippen molar-refractivity contribution in [2.45, 2.75) is 35.9 Å². The van der Waals surface area contributed by atoms with Crippen molar-refractivity contribution in [3.05, 3.63) is 39.5 Å². The maximum absolute atomic E-state index is 11.6. The van der Waals surface area contributed by atoms with Crippen LogP contribution in [0.3, 0.4) is 0 Å². The number of nitrogens with two attached hydrogens (primary N) is 1. The van der Waals surface area contributed by atoms with Crippen molar-refractivity contribution in [2.24, 2.45) is 5.73 Å². The number of anilines is 1. The molecular formula is C19H19ClN8OS. The van der Waals surface area contributed by atoms with Crippen LogP contribution in [0.2, 0.25) is 5.02 Å². The summed E-state index contributed by atoms with van der Waals surface area (Å²) in [4.78, 5) is 38.4. The average Bonchev–Trinajstić information content (AvgIpc) is 3.30. The molecule has 4 aromatic heterocycles. The number of halogens is 1. The van der Waals surface area contributed by atoms with E-state index in [0.717, 1.165) is 47.7 Å². The third-order valence-electron chi connectivity index (χ3n) is 5.11. The lowest BCUT2D eigenvalue weighted by Gasteiger charge is -2.18. The molecule has 0 radical (unpaired) electrons. The number of hydrogen-bond donors (Lipinski definition) is 3. The quantitative estimate of drug-likeness (QED) is 0.411. The van der Waals surface area contributed by atoms with Crippen molar-refractivity contribution in [2.75, 3.05) is 18.0 Å². The summed E-state index contributed by atoms with van der Waals surface area (Å²) in [5, 5.41) is 2.05. The van der Waals surface area contributed by atoms with Crippen LogP contribution in [0.25, 0.3) is 22.2 Å². The number of pyridine rings is 1. The first-order valence-electron chi connectivity index (χ1n) is 9.63. The molecule has 0 saturated carbocycles. The molecule has 0 aliphatic carbocycles. The maximum atomic E-state index is 11.6. The van der Waals surface area contributed by atoms with Crippen LogP contribution < -0.4 is 16.2 Å². The lowest BCUT2D eigenvalue weighted by atomic mass is 10.3. The van der Waals surface area contributed by atoms with Gasteiger partial charge in [-0.2, -0.15) is 0 Å². The Morgan fingerprint density at radius 2 is 2.13 bits per heavy atom. The Morgan fingerprint density at radius 3 is 2.90 bits per heavy atom. The van der Waals surface area contributed by atoms with Crippen molar-refractivity contribution in [3.63, 3.8) is 0 Å². The van der Waals surface area contributed by atoms with Gasteiger partial charge in [0.05, 0.1) is 22.1 Å². The van der Waals surface area contributed by atoms with E-state index < -0.39 is 0 Å². The molecule has 154 valence electrons. The Kier molecular flexibility index (Phi) is 4.84.